The van der Waals surface area contributed by atoms with Crippen molar-refractivity contribution in [2.45, 2.75) is 69.6 Å². The summed E-state index contributed by atoms with van der Waals surface area (Å²) >= 11 is 3.02. The van der Waals surface area contributed by atoms with Crippen molar-refractivity contribution in [3.05, 3.63) is 58.7 Å². The van der Waals surface area contributed by atoms with Crippen molar-refractivity contribution in [1.29, 1.82) is 0 Å². The maximum atomic E-state index is 14.4. The lowest BCUT2D eigenvalue weighted by atomic mass is 9.98. The van der Waals surface area contributed by atoms with Crippen LogP contribution in [-0.4, -0.2) is 55.7 Å². The molecule has 10 nitrogen and oxygen atoms in total. The number of halogens is 7. The first-order chi connectivity index (χ1) is 20.3. The first kappa shape index (κ1) is 33.2. The Morgan fingerprint density at radius 1 is 1.23 bits per heavy atom. The van der Waals surface area contributed by atoms with Gasteiger partial charge in [0.1, 0.15) is 17.0 Å². The number of carbonyl (C=O) groups is 1. The van der Waals surface area contributed by atoms with Gasteiger partial charge in [-0.1, -0.05) is 22.0 Å². The average molecular weight is 693 g/mol. The zero-order chi connectivity index (χ0) is 32.7. The molecule has 0 aliphatic carbocycles. The zero-order valence-corrected chi connectivity index (χ0v) is 25.1. The maximum Gasteiger partial charge on any atom is 0.432 e. The molecule has 4 rings (SSSR count). The molecule has 0 bridgehead atoms. The van der Waals surface area contributed by atoms with Gasteiger partial charge in [0.15, 0.2) is 5.69 Å². The molecule has 238 valence electrons. The third-order valence-corrected chi connectivity index (χ3v) is 6.96. The smallest absolute Gasteiger partial charge is 0.432 e. The molecule has 1 aliphatic heterocycles. The van der Waals surface area contributed by atoms with Crippen LogP contribution < -0.4 is 10.2 Å². The summed E-state index contributed by atoms with van der Waals surface area (Å²) in [6.45, 7) is 8.38. The second kappa shape index (κ2) is 12.0. The van der Waals surface area contributed by atoms with Crippen LogP contribution in [-0.2, 0) is 16.5 Å². The Morgan fingerprint density at radius 2 is 1.93 bits per heavy atom. The molecule has 0 spiro atoms. The standard InChI is InChI=1S/C27H27BrF6N6O4/c1-5-7-15-8-6-11-40(15)20-16(26(29,30)31)13-17(36-23(41)44-24(2,3)4)19(37-20)21-38-39-22(43-21)25(42,27(32,33)34)18-12-14(28)9-10-35-18/h5,9-10,12-13,15,42H,1,6-8,11H2,2-4H3,(H,36,41)/t15-,25?/m1/s1. The molecule has 0 radical (unpaired) electrons. The average Bonchev–Trinajstić information content (AvgIpc) is 3.56. The van der Waals surface area contributed by atoms with E-state index >= 15 is 0 Å². The third kappa shape index (κ3) is 6.82. The summed E-state index contributed by atoms with van der Waals surface area (Å²) in [6.07, 6.45) is -7.64. The van der Waals surface area contributed by atoms with Crippen molar-refractivity contribution in [2.75, 3.05) is 16.8 Å². The summed E-state index contributed by atoms with van der Waals surface area (Å²) in [5.74, 6) is -2.77. The zero-order valence-electron chi connectivity index (χ0n) is 23.6. The fraction of sp³-hybridized carbons (Fsp3) is 0.444. The molecule has 1 amide bonds. The predicted molar refractivity (Wildman–Crippen MR) is 149 cm³/mol. The highest BCUT2D eigenvalue weighted by Crippen LogP contribution is 2.46. The molecule has 44 heavy (non-hydrogen) atoms. The van der Waals surface area contributed by atoms with Crippen LogP contribution in [0.15, 0.2) is 45.9 Å². The van der Waals surface area contributed by atoms with Gasteiger partial charge in [0.25, 0.3) is 17.4 Å². The monoisotopic (exact) mass is 692 g/mol. The van der Waals surface area contributed by atoms with E-state index in [1.54, 1.807) is 6.08 Å². The molecule has 0 saturated carbocycles. The minimum atomic E-state index is -5.44. The number of pyridine rings is 2. The molecule has 3 aromatic rings. The first-order valence-electron chi connectivity index (χ1n) is 13.1. The number of alkyl halides is 6. The number of nitrogens with one attached hydrogen (secondary N) is 1. The number of aromatic nitrogens is 4. The van der Waals surface area contributed by atoms with Crippen LogP contribution in [0, 0.1) is 0 Å². The van der Waals surface area contributed by atoms with Crippen LogP contribution in [0.3, 0.4) is 0 Å². The Labute approximate surface area is 255 Å². The van der Waals surface area contributed by atoms with Gasteiger partial charge in [0.2, 0.25) is 0 Å². The topological polar surface area (TPSA) is 127 Å². The van der Waals surface area contributed by atoms with E-state index in [9.17, 15) is 36.2 Å². The number of rotatable bonds is 7. The van der Waals surface area contributed by atoms with E-state index in [0.29, 0.717) is 25.3 Å². The Kier molecular flexibility index (Phi) is 9.04. The summed E-state index contributed by atoms with van der Waals surface area (Å²) in [5.41, 5.74) is -8.36. The lowest BCUT2D eigenvalue weighted by molar-refractivity contribution is -0.257. The van der Waals surface area contributed by atoms with E-state index in [-0.39, 0.29) is 11.0 Å². The Morgan fingerprint density at radius 3 is 2.52 bits per heavy atom. The highest BCUT2D eigenvalue weighted by Gasteiger charge is 2.61. The molecule has 2 N–H and O–H groups in total. The first-order valence-corrected chi connectivity index (χ1v) is 13.9. The van der Waals surface area contributed by atoms with E-state index in [2.05, 4.69) is 48.0 Å². The quantitative estimate of drug-likeness (QED) is 0.199. The van der Waals surface area contributed by atoms with E-state index < -0.39 is 75.9 Å². The fourth-order valence-electron chi connectivity index (χ4n) is 4.60. The number of aliphatic hydroxyl groups is 1. The second-order valence-corrected chi connectivity index (χ2v) is 11.8. The molecule has 2 atom stereocenters. The van der Waals surface area contributed by atoms with Gasteiger partial charge < -0.3 is 19.2 Å². The van der Waals surface area contributed by atoms with Crippen LogP contribution in [0.4, 0.5) is 42.6 Å². The number of hydrogen-bond donors (Lipinski definition) is 2. The number of hydrogen-bond acceptors (Lipinski definition) is 9. The van der Waals surface area contributed by atoms with Gasteiger partial charge in [0, 0.05) is 23.3 Å². The lowest BCUT2D eigenvalue weighted by Gasteiger charge is -2.29. The summed E-state index contributed by atoms with van der Waals surface area (Å²) in [7, 11) is 0. The van der Waals surface area contributed by atoms with Gasteiger partial charge in [-0.2, -0.15) is 26.3 Å². The molecular weight excluding hydrogens is 666 g/mol. The SMILES string of the molecule is C=CC[C@@H]1CCCN1c1nc(-c2nnc(C(O)(c3cc(Br)ccn3)C(F)(F)F)o2)c(NC(=O)OC(C)(C)C)cc1C(F)(F)F. The van der Waals surface area contributed by atoms with E-state index in [0.717, 1.165) is 12.3 Å². The van der Waals surface area contributed by atoms with E-state index in [1.165, 1.54) is 31.7 Å². The van der Waals surface area contributed by atoms with Crippen molar-refractivity contribution < 1.29 is 45.4 Å². The van der Waals surface area contributed by atoms with Gasteiger partial charge in [-0.25, -0.2) is 9.78 Å². The van der Waals surface area contributed by atoms with Gasteiger partial charge in [-0.05, 0) is 58.2 Å². The highest BCUT2D eigenvalue weighted by atomic mass is 79.9. The van der Waals surface area contributed by atoms with Gasteiger partial charge >= 0.3 is 18.4 Å². The molecule has 1 unspecified atom stereocenters. The maximum absolute atomic E-state index is 14.4. The minimum absolute atomic E-state index is 0.141. The molecule has 4 heterocycles. The highest BCUT2D eigenvalue weighted by molar-refractivity contribution is 9.10. The molecule has 1 fully saturated rings. The fourth-order valence-corrected chi connectivity index (χ4v) is 4.93. The number of anilines is 2. The van der Waals surface area contributed by atoms with Gasteiger partial charge in [0.05, 0.1) is 11.4 Å². The van der Waals surface area contributed by atoms with Crippen LogP contribution in [0.1, 0.15) is 57.2 Å². The summed E-state index contributed by atoms with van der Waals surface area (Å²) < 4.78 is 96.8. The summed E-state index contributed by atoms with van der Waals surface area (Å²) in [5, 5.41) is 20.0. The Bertz CT molecular complexity index is 1540. The van der Waals surface area contributed by atoms with Crippen molar-refractivity contribution in [1.82, 2.24) is 20.2 Å². The van der Waals surface area contributed by atoms with E-state index in [1.807, 2.05) is 0 Å². The number of nitrogens with zero attached hydrogens (tertiary/aromatic N) is 5. The molecule has 0 aromatic carbocycles. The van der Waals surface area contributed by atoms with Crippen molar-refractivity contribution in [3.63, 3.8) is 0 Å². The van der Waals surface area contributed by atoms with Crippen molar-refractivity contribution in [2.24, 2.45) is 0 Å². The Hall–Kier alpha value is -3.73. The van der Waals surface area contributed by atoms with Crippen LogP contribution in [0.2, 0.25) is 0 Å². The second-order valence-electron chi connectivity index (χ2n) is 10.9. The van der Waals surface area contributed by atoms with Crippen LogP contribution in [0.5, 0.6) is 0 Å². The lowest BCUT2D eigenvalue weighted by Crippen LogP contribution is -2.44. The number of ether oxygens (including phenoxy) is 1. The third-order valence-electron chi connectivity index (χ3n) is 6.47. The molecule has 1 saturated heterocycles. The van der Waals surface area contributed by atoms with Crippen LogP contribution in [0.25, 0.3) is 11.6 Å². The number of amides is 1. The molecular formula is C27H27BrF6N6O4. The normalized spacial score (nSPS) is 17.3. The molecule has 17 heteroatoms. The minimum Gasteiger partial charge on any atom is -0.444 e. The summed E-state index contributed by atoms with van der Waals surface area (Å²) in [6, 6.07) is 2.37. The largest absolute Gasteiger partial charge is 0.444 e. The summed E-state index contributed by atoms with van der Waals surface area (Å²) in [4.78, 5) is 21.8. The Balaban J connectivity index is 1.94. The van der Waals surface area contributed by atoms with Crippen LogP contribution >= 0.6 is 15.9 Å². The molecule has 3 aromatic heterocycles. The predicted octanol–water partition coefficient (Wildman–Crippen LogP) is 7.00. The van der Waals surface area contributed by atoms with Gasteiger partial charge in [-0.15, -0.1) is 16.8 Å². The number of carbonyl (C=O) groups excluding carboxylic acids is 1. The van der Waals surface area contributed by atoms with Gasteiger partial charge in [-0.3, -0.25) is 10.3 Å². The van der Waals surface area contributed by atoms with E-state index in [4.69, 9.17) is 9.15 Å². The van der Waals surface area contributed by atoms with Crippen molar-refractivity contribution >= 4 is 33.5 Å². The molecule has 1 aliphatic rings. The van der Waals surface area contributed by atoms with Crippen molar-refractivity contribution in [3.8, 4) is 11.6 Å².